The van der Waals surface area contributed by atoms with E-state index in [1.54, 1.807) is 24.3 Å². The van der Waals surface area contributed by atoms with Gasteiger partial charge in [-0.25, -0.2) is 0 Å². The quantitative estimate of drug-likeness (QED) is 0.780. The number of hydrogen-bond donors (Lipinski definition) is 1. The zero-order valence-corrected chi connectivity index (χ0v) is 11.7. The molecule has 0 bridgehead atoms. The highest BCUT2D eigenvalue weighted by molar-refractivity contribution is 5.48. The van der Waals surface area contributed by atoms with Gasteiger partial charge in [0.05, 0.1) is 25.2 Å². The normalized spacial score (nSPS) is 10.3. The van der Waals surface area contributed by atoms with Crippen molar-refractivity contribution in [3.63, 3.8) is 0 Å². The van der Waals surface area contributed by atoms with Crippen LogP contribution >= 0.6 is 0 Å². The molecule has 0 saturated carbocycles. The molecule has 0 aliphatic rings. The summed E-state index contributed by atoms with van der Waals surface area (Å²) in [5.41, 5.74) is 3.16. The van der Waals surface area contributed by atoms with E-state index < -0.39 is 0 Å². The topological polar surface area (TPSA) is 52.0 Å². The minimum Gasteiger partial charge on any atom is -0.497 e. The molecule has 106 valence electrons. The molecule has 0 atom stereocenters. The van der Waals surface area contributed by atoms with E-state index in [4.69, 9.17) is 4.74 Å². The fourth-order valence-corrected chi connectivity index (χ4v) is 2.05. The van der Waals surface area contributed by atoms with E-state index >= 15 is 0 Å². The summed E-state index contributed by atoms with van der Waals surface area (Å²) in [5, 5.41) is 11.6. The van der Waals surface area contributed by atoms with Crippen LogP contribution < -0.4 is 10.1 Å². The van der Waals surface area contributed by atoms with Crippen molar-refractivity contribution in [2.75, 3.05) is 12.4 Å². The van der Waals surface area contributed by atoms with E-state index in [1.807, 2.05) is 42.5 Å². The lowest BCUT2D eigenvalue weighted by Gasteiger charge is -2.08. The smallest absolute Gasteiger partial charge is 0.119 e. The molecule has 0 amide bonds. The predicted molar refractivity (Wildman–Crippen MR) is 81.7 cm³/mol. The van der Waals surface area contributed by atoms with Crippen molar-refractivity contribution in [1.29, 1.82) is 0 Å². The van der Waals surface area contributed by atoms with Crippen LogP contribution in [0.4, 0.5) is 5.69 Å². The molecule has 0 radical (unpaired) electrons. The molecular weight excluding hydrogens is 264 g/mol. The number of anilines is 1. The molecule has 1 aromatic heterocycles. The number of methoxy groups -OCH3 is 1. The molecule has 0 spiro atoms. The van der Waals surface area contributed by atoms with Crippen LogP contribution in [0.15, 0.2) is 60.9 Å². The molecule has 3 rings (SSSR count). The van der Waals surface area contributed by atoms with Gasteiger partial charge in [0, 0.05) is 12.2 Å². The SMILES string of the molecule is COc1cccc(CNc2ccc(-n3nccn3)cc2)c1. The highest BCUT2D eigenvalue weighted by Crippen LogP contribution is 2.16. The van der Waals surface area contributed by atoms with Crippen molar-refractivity contribution in [1.82, 2.24) is 15.0 Å². The summed E-state index contributed by atoms with van der Waals surface area (Å²) in [6, 6.07) is 16.0. The highest BCUT2D eigenvalue weighted by atomic mass is 16.5. The van der Waals surface area contributed by atoms with Crippen molar-refractivity contribution < 1.29 is 4.74 Å². The second-order valence-corrected chi connectivity index (χ2v) is 4.57. The Balaban J connectivity index is 1.65. The Bertz CT molecular complexity index is 693. The molecule has 0 saturated heterocycles. The van der Waals surface area contributed by atoms with E-state index in [0.29, 0.717) is 0 Å². The van der Waals surface area contributed by atoms with Gasteiger partial charge in [-0.15, -0.1) is 0 Å². The summed E-state index contributed by atoms with van der Waals surface area (Å²) in [5.74, 6) is 0.870. The van der Waals surface area contributed by atoms with Crippen LogP contribution in [-0.4, -0.2) is 22.1 Å². The largest absolute Gasteiger partial charge is 0.497 e. The average molecular weight is 280 g/mol. The Labute approximate surface area is 123 Å². The second-order valence-electron chi connectivity index (χ2n) is 4.57. The molecule has 0 aliphatic carbocycles. The fraction of sp³-hybridized carbons (Fsp3) is 0.125. The Hall–Kier alpha value is -2.82. The first-order chi connectivity index (χ1) is 10.3. The molecule has 21 heavy (non-hydrogen) atoms. The lowest BCUT2D eigenvalue weighted by Crippen LogP contribution is -2.01. The number of benzene rings is 2. The van der Waals surface area contributed by atoms with Crippen LogP contribution in [0.25, 0.3) is 5.69 Å². The van der Waals surface area contributed by atoms with E-state index in [2.05, 4.69) is 21.6 Å². The average Bonchev–Trinajstić information content (AvgIpc) is 3.08. The van der Waals surface area contributed by atoms with Crippen LogP contribution in [-0.2, 0) is 6.54 Å². The second kappa shape index (κ2) is 6.09. The minimum absolute atomic E-state index is 0.747. The first-order valence-corrected chi connectivity index (χ1v) is 6.69. The fourth-order valence-electron chi connectivity index (χ4n) is 2.05. The number of rotatable bonds is 5. The van der Waals surface area contributed by atoms with Crippen molar-refractivity contribution in [3.8, 4) is 11.4 Å². The van der Waals surface area contributed by atoms with Crippen LogP contribution in [0.2, 0.25) is 0 Å². The summed E-state index contributed by atoms with van der Waals surface area (Å²) in [6.45, 7) is 0.747. The molecule has 2 aromatic carbocycles. The number of nitrogens with one attached hydrogen (secondary N) is 1. The van der Waals surface area contributed by atoms with Gasteiger partial charge < -0.3 is 10.1 Å². The Morgan fingerprint density at radius 2 is 1.81 bits per heavy atom. The molecule has 0 aliphatic heterocycles. The molecule has 0 unspecified atom stereocenters. The van der Waals surface area contributed by atoms with Gasteiger partial charge in [0.15, 0.2) is 0 Å². The summed E-state index contributed by atoms with van der Waals surface area (Å²) in [6.07, 6.45) is 3.32. The van der Waals surface area contributed by atoms with Crippen molar-refractivity contribution >= 4 is 5.69 Å². The first-order valence-electron chi connectivity index (χ1n) is 6.69. The number of ether oxygens (including phenoxy) is 1. The summed E-state index contributed by atoms with van der Waals surface area (Å²) in [4.78, 5) is 1.59. The Morgan fingerprint density at radius 3 is 2.52 bits per heavy atom. The van der Waals surface area contributed by atoms with Crippen LogP contribution in [0, 0.1) is 0 Å². The van der Waals surface area contributed by atoms with E-state index in [-0.39, 0.29) is 0 Å². The third-order valence-corrected chi connectivity index (χ3v) is 3.15. The van der Waals surface area contributed by atoms with Gasteiger partial charge in [-0.05, 0) is 42.0 Å². The van der Waals surface area contributed by atoms with Gasteiger partial charge >= 0.3 is 0 Å². The highest BCUT2D eigenvalue weighted by Gasteiger charge is 1.99. The van der Waals surface area contributed by atoms with Crippen LogP contribution in [0.5, 0.6) is 5.75 Å². The zero-order chi connectivity index (χ0) is 14.5. The maximum Gasteiger partial charge on any atom is 0.119 e. The number of aromatic nitrogens is 3. The van der Waals surface area contributed by atoms with E-state index in [0.717, 1.165) is 23.7 Å². The first kappa shape index (κ1) is 13.2. The van der Waals surface area contributed by atoms with Gasteiger partial charge in [-0.3, -0.25) is 0 Å². The summed E-state index contributed by atoms with van der Waals surface area (Å²) >= 11 is 0. The lowest BCUT2D eigenvalue weighted by molar-refractivity contribution is 0.414. The van der Waals surface area contributed by atoms with Crippen LogP contribution in [0.1, 0.15) is 5.56 Å². The third kappa shape index (κ3) is 3.20. The molecule has 1 heterocycles. The molecule has 5 heteroatoms. The number of nitrogens with zero attached hydrogens (tertiary/aromatic N) is 3. The Morgan fingerprint density at radius 1 is 1.05 bits per heavy atom. The Kier molecular flexibility index (Phi) is 3.82. The predicted octanol–water partition coefficient (Wildman–Crippen LogP) is 2.89. The minimum atomic E-state index is 0.747. The van der Waals surface area contributed by atoms with Crippen molar-refractivity contribution in [2.45, 2.75) is 6.54 Å². The standard InChI is InChI=1S/C16H16N4O/c1-21-16-4-2-3-13(11-16)12-17-14-5-7-15(8-6-14)20-18-9-10-19-20/h2-11,17H,12H2,1H3. The summed E-state index contributed by atoms with van der Waals surface area (Å²) < 4.78 is 5.22. The van der Waals surface area contributed by atoms with Gasteiger partial charge in [0.1, 0.15) is 5.75 Å². The molecule has 0 fully saturated rings. The summed E-state index contributed by atoms with van der Waals surface area (Å²) in [7, 11) is 1.68. The molecular formula is C16H16N4O. The van der Waals surface area contributed by atoms with Gasteiger partial charge in [-0.1, -0.05) is 12.1 Å². The van der Waals surface area contributed by atoms with Crippen LogP contribution in [0.3, 0.4) is 0 Å². The maximum atomic E-state index is 5.22. The van der Waals surface area contributed by atoms with Gasteiger partial charge in [0.25, 0.3) is 0 Å². The number of hydrogen-bond acceptors (Lipinski definition) is 4. The molecule has 5 nitrogen and oxygen atoms in total. The van der Waals surface area contributed by atoms with E-state index in [9.17, 15) is 0 Å². The zero-order valence-electron chi connectivity index (χ0n) is 11.7. The molecule has 3 aromatic rings. The lowest BCUT2D eigenvalue weighted by atomic mass is 10.2. The van der Waals surface area contributed by atoms with E-state index in [1.165, 1.54) is 5.56 Å². The van der Waals surface area contributed by atoms with Crippen molar-refractivity contribution in [2.24, 2.45) is 0 Å². The monoisotopic (exact) mass is 280 g/mol. The molecule has 1 N–H and O–H groups in total. The van der Waals surface area contributed by atoms with Gasteiger partial charge in [0.2, 0.25) is 0 Å². The van der Waals surface area contributed by atoms with Crippen molar-refractivity contribution in [3.05, 3.63) is 66.5 Å². The third-order valence-electron chi connectivity index (χ3n) is 3.15. The maximum absolute atomic E-state index is 5.22. The van der Waals surface area contributed by atoms with Gasteiger partial charge in [-0.2, -0.15) is 15.0 Å².